The number of carbonyl (C=O) groups excluding carboxylic acids is 1. The van der Waals surface area contributed by atoms with Crippen LogP contribution in [0.25, 0.3) is 0 Å². The number of hydrogen-bond donors (Lipinski definition) is 0. The van der Waals surface area contributed by atoms with Gasteiger partial charge >= 0.3 is 5.97 Å². The van der Waals surface area contributed by atoms with Crippen LogP contribution in [0.2, 0.25) is 0 Å². The highest BCUT2D eigenvalue weighted by Gasteiger charge is 2.30. The Balaban J connectivity index is 2.77. The van der Waals surface area contributed by atoms with Crippen LogP contribution in [0.3, 0.4) is 0 Å². The lowest BCUT2D eigenvalue weighted by Crippen LogP contribution is -2.26. The molecule has 0 spiro atoms. The lowest BCUT2D eigenvalue weighted by Gasteiger charge is -2.36. The van der Waals surface area contributed by atoms with Gasteiger partial charge in [-0.3, -0.25) is 0 Å². The number of hydrogen-bond acceptors (Lipinski definition) is 2. The predicted octanol–water partition coefficient (Wildman–Crippen LogP) is 4.43. The highest BCUT2D eigenvalue weighted by Crippen LogP contribution is 2.41. The molecule has 1 atom stereocenters. The molecular weight excluding hydrogens is 236 g/mol. The molecule has 1 rings (SSSR count). The fourth-order valence-electron chi connectivity index (χ4n) is 2.65. The van der Waals surface area contributed by atoms with E-state index >= 15 is 0 Å². The van der Waals surface area contributed by atoms with Crippen molar-refractivity contribution in [2.45, 2.75) is 47.5 Å². The molecule has 0 unspecified atom stereocenters. The van der Waals surface area contributed by atoms with Crippen LogP contribution in [0.4, 0.5) is 0 Å². The largest absolute Gasteiger partial charge is 0.463 e. The zero-order valence-electron chi connectivity index (χ0n) is 12.8. The highest BCUT2D eigenvalue weighted by molar-refractivity contribution is 5.83. The van der Waals surface area contributed by atoms with Crippen molar-refractivity contribution in [1.29, 1.82) is 0 Å². The zero-order valence-corrected chi connectivity index (χ0v) is 12.8. The monoisotopic (exact) mass is 262 g/mol. The first kappa shape index (κ1) is 15.7. The molecule has 0 bridgehead atoms. The third-order valence-electron chi connectivity index (χ3n) is 3.77. The summed E-state index contributed by atoms with van der Waals surface area (Å²) in [6.07, 6.45) is 10.5. The van der Waals surface area contributed by atoms with Crippen molar-refractivity contribution >= 4 is 5.97 Å². The molecule has 1 aliphatic carbocycles. The normalized spacial score (nSPS) is 23.3. The van der Waals surface area contributed by atoms with Gasteiger partial charge in [0, 0.05) is 12.0 Å². The van der Waals surface area contributed by atoms with Crippen LogP contribution < -0.4 is 0 Å². The number of ether oxygens (including phenoxy) is 1. The zero-order chi connectivity index (χ0) is 14.5. The summed E-state index contributed by atoms with van der Waals surface area (Å²) < 4.78 is 4.91. The molecule has 0 fully saturated rings. The van der Waals surface area contributed by atoms with E-state index in [2.05, 4.69) is 32.9 Å². The van der Waals surface area contributed by atoms with E-state index in [9.17, 15) is 4.79 Å². The average Bonchev–Trinajstić information content (AvgIpc) is 2.27. The van der Waals surface area contributed by atoms with E-state index in [1.165, 1.54) is 18.4 Å². The first-order valence-electron chi connectivity index (χ1n) is 7.06. The molecule has 1 aliphatic rings. The maximum atomic E-state index is 11.4. The van der Waals surface area contributed by atoms with Crippen molar-refractivity contribution < 1.29 is 9.53 Å². The summed E-state index contributed by atoms with van der Waals surface area (Å²) in [4.78, 5) is 11.4. The standard InChI is InChI=1S/C17H26O2/c1-6-19-16(18)12-13(2)9-10-15-14(3)8-7-11-17(15,4)5/h8-10,12,15H,6-7,11H2,1-5H3/b10-9-,13-12+/t15-/m1/s1. The average molecular weight is 262 g/mol. The van der Waals surface area contributed by atoms with E-state index in [1.54, 1.807) is 6.08 Å². The van der Waals surface area contributed by atoms with Crippen molar-refractivity contribution in [3.63, 3.8) is 0 Å². The van der Waals surface area contributed by atoms with Crippen molar-refractivity contribution in [3.8, 4) is 0 Å². The SMILES string of the molecule is CCOC(=O)/C=C(C)/C=C\[C@@H]1C(C)=CCCC1(C)C. The Kier molecular flexibility index (Phi) is 5.59. The first-order chi connectivity index (χ1) is 8.86. The van der Waals surface area contributed by atoms with E-state index in [4.69, 9.17) is 4.74 Å². The molecule has 0 N–H and O–H groups in total. The predicted molar refractivity (Wildman–Crippen MR) is 79.8 cm³/mol. The molecule has 19 heavy (non-hydrogen) atoms. The van der Waals surface area contributed by atoms with Gasteiger partial charge in [-0.1, -0.05) is 37.6 Å². The number of carbonyl (C=O) groups is 1. The van der Waals surface area contributed by atoms with Crippen molar-refractivity contribution in [2.24, 2.45) is 11.3 Å². The van der Waals surface area contributed by atoms with E-state index in [-0.39, 0.29) is 5.97 Å². The minimum atomic E-state index is -0.264. The second-order valence-corrected chi connectivity index (χ2v) is 5.95. The third-order valence-corrected chi connectivity index (χ3v) is 3.77. The maximum Gasteiger partial charge on any atom is 0.330 e. The molecule has 0 aromatic heterocycles. The molecule has 0 aromatic carbocycles. The lowest BCUT2D eigenvalue weighted by molar-refractivity contribution is -0.137. The quantitative estimate of drug-likeness (QED) is 0.324. The fraction of sp³-hybridized carbons (Fsp3) is 0.588. The number of rotatable bonds is 4. The molecule has 0 aromatic rings. The summed E-state index contributed by atoms with van der Waals surface area (Å²) in [5, 5.41) is 0. The van der Waals surface area contributed by atoms with Crippen LogP contribution in [0.1, 0.15) is 47.5 Å². The Labute approximate surface area is 117 Å². The summed E-state index contributed by atoms with van der Waals surface area (Å²) in [5.74, 6) is 0.187. The van der Waals surface area contributed by atoms with Gasteiger partial charge in [-0.05, 0) is 44.6 Å². The van der Waals surface area contributed by atoms with Crippen LogP contribution in [0.15, 0.2) is 35.5 Å². The highest BCUT2D eigenvalue weighted by atomic mass is 16.5. The Morgan fingerprint density at radius 2 is 2.21 bits per heavy atom. The maximum absolute atomic E-state index is 11.4. The Bertz CT molecular complexity index is 411. The van der Waals surface area contributed by atoms with Gasteiger partial charge < -0.3 is 4.74 Å². The van der Waals surface area contributed by atoms with Crippen molar-refractivity contribution in [1.82, 2.24) is 0 Å². The summed E-state index contributed by atoms with van der Waals surface area (Å²) >= 11 is 0. The number of allylic oxidation sites excluding steroid dienone is 5. The van der Waals surface area contributed by atoms with Gasteiger partial charge in [0.15, 0.2) is 0 Å². The lowest BCUT2D eigenvalue weighted by atomic mass is 9.68. The van der Waals surface area contributed by atoms with E-state index in [0.717, 1.165) is 5.57 Å². The van der Waals surface area contributed by atoms with Gasteiger partial charge in [0.05, 0.1) is 6.61 Å². The topological polar surface area (TPSA) is 26.3 Å². The molecule has 0 radical (unpaired) electrons. The van der Waals surface area contributed by atoms with Crippen LogP contribution in [-0.2, 0) is 9.53 Å². The van der Waals surface area contributed by atoms with E-state index in [0.29, 0.717) is 17.9 Å². The van der Waals surface area contributed by atoms with Gasteiger partial charge in [0.25, 0.3) is 0 Å². The molecule has 0 saturated heterocycles. The van der Waals surface area contributed by atoms with Gasteiger partial charge in [-0.25, -0.2) is 4.79 Å². The Morgan fingerprint density at radius 1 is 1.53 bits per heavy atom. The summed E-state index contributed by atoms with van der Waals surface area (Å²) in [5.41, 5.74) is 2.66. The van der Waals surface area contributed by atoms with Crippen LogP contribution in [-0.4, -0.2) is 12.6 Å². The molecule has 0 amide bonds. The number of esters is 1. The molecule has 2 nitrogen and oxygen atoms in total. The minimum absolute atomic E-state index is 0.264. The summed E-state index contributed by atoms with van der Waals surface area (Å²) in [6.45, 7) is 11.0. The van der Waals surface area contributed by atoms with Gasteiger partial charge in [-0.15, -0.1) is 0 Å². The van der Waals surface area contributed by atoms with Gasteiger partial charge in [0.1, 0.15) is 0 Å². The summed E-state index contributed by atoms with van der Waals surface area (Å²) in [7, 11) is 0. The first-order valence-corrected chi connectivity index (χ1v) is 7.06. The van der Waals surface area contributed by atoms with Crippen LogP contribution >= 0.6 is 0 Å². The second-order valence-electron chi connectivity index (χ2n) is 5.95. The third kappa shape index (κ3) is 4.70. The van der Waals surface area contributed by atoms with Crippen LogP contribution in [0.5, 0.6) is 0 Å². The Hall–Kier alpha value is -1.31. The second kappa shape index (κ2) is 6.74. The van der Waals surface area contributed by atoms with Crippen LogP contribution in [0, 0.1) is 11.3 Å². The molecule has 0 aliphatic heterocycles. The summed E-state index contributed by atoms with van der Waals surface area (Å²) in [6, 6.07) is 0. The van der Waals surface area contributed by atoms with Gasteiger partial charge in [-0.2, -0.15) is 0 Å². The molecule has 2 heteroatoms. The fourth-order valence-corrected chi connectivity index (χ4v) is 2.65. The smallest absolute Gasteiger partial charge is 0.330 e. The van der Waals surface area contributed by atoms with Gasteiger partial charge in [0.2, 0.25) is 0 Å². The molecular formula is C17H26O2. The van der Waals surface area contributed by atoms with E-state index < -0.39 is 0 Å². The molecule has 106 valence electrons. The van der Waals surface area contributed by atoms with Crippen molar-refractivity contribution in [3.05, 3.63) is 35.5 Å². The van der Waals surface area contributed by atoms with E-state index in [1.807, 2.05) is 19.9 Å². The van der Waals surface area contributed by atoms with Crippen molar-refractivity contribution in [2.75, 3.05) is 6.61 Å². The Morgan fingerprint density at radius 3 is 2.79 bits per heavy atom. The minimum Gasteiger partial charge on any atom is -0.463 e. The molecule has 0 saturated carbocycles. The molecule has 0 heterocycles.